The Labute approximate surface area is 202 Å². The third-order valence-corrected chi connectivity index (χ3v) is 5.00. The lowest BCUT2D eigenvalue weighted by atomic mass is 10.0. The van der Waals surface area contributed by atoms with Gasteiger partial charge >= 0.3 is 18.2 Å². The first-order valence-corrected chi connectivity index (χ1v) is 11.5. The van der Waals surface area contributed by atoms with E-state index in [1.54, 1.807) is 41.5 Å². The van der Waals surface area contributed by atoms with Crippen LogP contribution >= 0.6 is 0 Å². The summed E-state index contributed by atoms with van der Waals surface area (Å²) >= 11 is 0. The number of ether oxygens (including phenoxy) is 4. The molecule has 9 nitrogen and oxygen atoms in total. The van der Waals surface area contributed by atoms with Crippen molar-refractivity contribution in [2.75, 3.05) is 26.8 Å². The standard InChI is InChI=1S/C25H38N2O7/c1-24(2,3)33-22(29)26-15-20(17-32-16-18-11-9-8-10-12-18)27(23(30)34-25(4,5)6)14-19(26)13-21(28)31-7/h8-12,19-20H,13-17H2,1-7H3/t19-,20-/m1/s1. The summed E-state index contributed by atoms with van der Waals surface area (Å²) in [6.45, 7) is 11.4. The molecular formula is C25H38N2O7. The lowest BCUT2D eigenvalue weighted by molar-refractivity contribution is -0.143. The zero-order chi connectivity index (χ0) is 25.5. The minimum Gasteiger partial charge on any atom is -0.469 e. The normalized spacial score (nSPS) is 18.9. The Morgan fingerprint density at radius 3 is 1.85 bits per heavy atom. The van der Waals surface area contributed by atoms with Gasteiger partial charge in [-0.15, -0.1) is 0 Å². The molecule has 1 saturated heterocycles. The summed E-state index contributed by atoms with van der Waals surface area (Å²) in [7, 11) is 1.29. The number of benzene rings is 1. The smallest absolute Gasteiger partial charge is 0.410 e. The lowest BCUT2D eigenvalue weighted by Crippen LogP contribution is -2.63. The van der Waals surface area contributed by atoms with Gasteiger partial charge in [0, 0.05) is 13.1 Å². The van der Waals surface area contributed by atoms with Crippen molar-refractivity contribution in [3.8, 4) is 0 Å². The molecule has 0 radical (unpaired) electrons. The Morgan fingerprint density at radius 2 is 1.35 bits per heavy atom. The fraction of sp³-hybridized carbons (Fsp3) is 0.640. The second kappa shape index (κ2) is 11.6. The summed E-state index contributed by atoms with van der Waals surface area (Å²) in [5.41, 5.74) is -0.420. The Bertz CT molecular complexity index is 830. The molecule has 190 valence electrons. The summed E-state index contributed by atoms with van der Waals surface area (Å²) in [6.07, 6.45) is -1.16. The van der Waals surface area contributed by atoms with Crippen molar-refractivity contribution in [1.29, 1.82) is 0 Å². The largest absolute Gasteiger partial charge is 0.469 e. The molecule has 0 N–H and O–H groups in total. The van der Waals surface area contributed by atoms with Crippen molar-refractivity contribution >= 4 is 18.2 Å². The van der Waals surface area contributed by atoms with Crippen molar-refractivity contribution in [2.45, 2.75) is 77.9 Å². The average molecular weight is 479 g/mol. The first kappa shape index (κ1) is 27.4. The highest BCUT2D eigenvalue weighted by atomic mass is 16.6. The fourth-order valence-corrected chi connectivity index (χ4v) is 3.52. The van der Waals surface area contributed by atoms with E-state index in [0.717, 1.165) is 5.56 Å². The number of piperazine rings is 1. The fourth-order valence-electron chi connectivity index (χ4n) is 3.52. The summed E-state index contributed by atoms with van der Waals surface area (Å²) in [5.74, 6) is -0.485. The van der Waals surface area contributed by atoms with Crippen LogP contribution in [-0.2, 0) is 30.3 Å². The maximum absolute atomic E-state index is 13.1. The van der Waals surface area contributed by atoms with Crippen LogP contribution in [0.25, 0.3) is 0 Å². The molecule has 1 aliphatic rings. The molecule has 0 bridgehead atoms. The number of esters is 1. The first-order chi connectivity index (χ1) is 15.8. The van der Waals surface area contributed by atoms with E-state index < -0.39 is 41.4 Å². The minimum atomic E-state index is -0.714. The molecular weight excluding hydrogens is 440 g/mol. The van der Waals surface area contributed by atoms with Crippen LogP contribution in [0.4, 0.5) is 9.59 Å². The minimum absolute atomic E-state index is 0.0768. The molecule has 2 amide bonds. The molecule has 34 heavy (non-hydrogen) atoms. The molecule has 0 spiro atoms. The van der Waals surface area contributed by atoms with Crippen molar-refractivity contribution in [3.63, 3.8) is 0 Å². The van der Waals surface area contributed by atoms with Crippen LogP contribution < -0.4 is 0 Å². The Balaban J connectivity index is 2.25. The van der Waals surface area contributed by atoms with E-state index in [0.29, 0.717) is 6.61 Å². The van der Waals surface area contributed by atoms with E-state index in [4.69, 9.17) is 18.9 Å². The van der Waals surface area contributed by atoms with E-state index in [1.165, 1.54) is 16.9 Å². The number of hydrogen-bond acceptors (Lipinski definition) is 7. The summed E-state index contributed by atoms with van der Waals surface area (Å²) in [4.78, 5) is 41.2. The van der Waals surface area contributed by atoms with Gasteiger partial charge < -0.3 is 23.8 Å². The zero-order valence-electron chi connectivity index (χ0n) is 21.3. The van der Waals surface area contributed by atoms with E-state index in [-0.39, 0.29) is 26.1 Å². The van der Waals surface area contributed by atoms with Gasteiger partial charge in [-0.2, -0.15) is 0 Å². The highest BCUT2D eigenvalue weighted by Crippen LogP contribution is 2.24. The molecule has 9 heteroatoms. The Morgan fingerprint density at radius 1 is 0.853 bits per heavy atom. The van der Waals surface area contributed by atoms with Gasteiger partial charge in [0.05, 0.1) is 38.8 Å². The monoisotopic (exact) mass is 478 g/mol. The average Bonchev–Trinajstić information content (AvgIpc) is 2.72. The van der Waals surface area contributed by atoms with Crippen LogP contribution in [0.3, 0.4) is 0 Å². The molecule has 1 aromatic carbocycles. The third-order valence-electron chi connectivity index (χ3n) is 5.00. The van der Waals surface area contributed by atoms with Gasteiger partial charge in [0.2, 0.25) is 0 Å². The molecule has 1 heterocycles. The van der Waals surface area contributed by atoms with Gasteiger partial charge in [-0.1, -0.05) is 30.3 Å². The maximum atomic E-state index is 13.1. The van der Waals surface area contributed by atoms with Gasteiger partial charge in [0.25, 0.3) is 0 Å². The third kappa shape index (κ3) is 8.85. The number of methoxy groups -OCH3 is 1. The maximum Gasteiger partial charge on any atom is 0.410 e. The van der Waals surface area contributed by atoms with Crippen molar-refractivity contribution in [3.05, 3.63) is 35.9 Å². The van der Waals surface area contributed by atoms with Crippen molar-refractivity contribution in [1.82, 2.24) is 9.80 Å². The number of hydrogen-bond donors (Lipinski definition) is 0. The van der Waals surface area contributed by atoms with Crippen LogP contribution in [0.2, 0.25) is 0 Å². The van der Waals surface area contributed by atoms with Crippen molar-refractivity contribution < 1.29 is 33.3 Å². The second-order valence-corrected chi connectivity index (χ2v) is 10.4. The Kier molecular flexibility index (Phi) is 9.32. The summed E-state index contributed by atoms with van der Waals surface area (Å²) in [6, 6.07) is 8.56. The first-order valence-electron chi connectivity index (χ1n) is 11.5. The molecule has 0 unspecified atom stereocenters. The van der Waals surface area contributed by atoms with Crippen LogP contribution in [0.1, 0.15) is 53.5 Å². The number of nitrogens with zero attached hydrogens (tertiary/aromatic N) is 2. The molecule has 1 fully saturated rings. The van der Waals surface area contributed by atoms with Crippen LogP contribution in [0.5, 0.6) is 0 Å². The number of carbonyl (C=O) groups is 3. The lowest BCUT2D eigenvalue weighted by Gasteiger charge is -2.45. The SMILES string of the molecule is COC(=O)C[C@@H]1CN(C(=O)OC(C)(C)C)[C@@H](COCc2ccccc2)CN1C(=O)OC(C)(C)C. The van der Waals surface area contributed by atoms with Crippen LogP contribution in [0.15, 0.2) is 30.3 Å². The molecule has 2 atom stereocenters. The quantitative estimate of drug-likeness (QED) is 0.451. The molecule has 0 saturated carbocycles. The van der Waals surface area contributed by atoms with Gasteiger partial charge in [-0.05, 0) is 47.1 Å². The number of carbonyl (C=O) groups excluding carboxylic acids is 3. The summed E-state index contributed by atoms with van der Waals surface area (Å²) in [5, 5.41) is 0. The van der Waals surface area contributed by atoms with Crippen LogP contribution in [-0.4, -0.2) is 78.0 Å². The van der Waals surface area contributed by atoms with Gasteiger partial charge in [0.15, 0.2) is 0 Å². The van der Waals surface area contributed by atoms with Crippen molar-refractivity contribution in [2.24, 2.45) is 0 Å². The second-order valence-electron chi connectivity index (χ2n) is 10.4. The van der Waals surface area contributed by atoms with E-state index in [1.807, 2.05) is 30.3 Å². The Hall–Kier alpha value is -2.81. The van der Waals surface area contributed by atoms with Gasteiger partial charge in [0.1, 0.15) is 11.2 Å². The van der Waals surface area contributed by atoms with Gasteiger partial charge in [-0.3, -0.25) is 9.69 Å². The molecule has 0 aliphatic carbocycles. The highest BCUT2D eigenvalue weighted by Gasteiger charge is 2.42. The molecule has 2 rings (SSSR count). The number of amides is 2. The molecule has 1 aliphatic heterocycles. The zero-order valence-corrected chi connectivity index (χ0v) is 21.3. The summed E-state index contributed by atoms with van der Waals surface area (Å²) < 4.78 is 21.9. The van der Waals surface area contributed by atoms with E-state index in [2.05, 4.69) is 0 Å². The number of rotatable bonds is 6. The van der Waals surface area contributed by atoms with Gasteiger partial charge in [-0.25, -0.2) is 9.59 Å². The van der Waals surface area contributed by atoms with E-state index >= 15 is 0 Å². The predicted molar refractivity (Wildman–Crippen MR) is 126 cm³/mol. The predicted octanol–water partition coefficient (Wildman–Crippen LogP) is 3.99. The molecule has 1 aromatic rings. The molecule has 0 aromatic heterocycles. The van der Waals surface area contributed by atoms with E-state index in [9.17, 15) is 14.4 Å². The van der Waals surface area contributed by atoms with Crippen LogP contribution in [0, 0.1) is 0 Å². The highest BCUT2D eigenvalue weighted by molar-refractivity contribution is 5.75. The topological polar surface area (TPSA) is 94.6 Å².